The Morgan fingerprint density at radius 3 is 2.92 bits per heavy atom. The third kappa shape index (κ3) is 3.68. The lowest BCUT2D eigenvalue weighted by Crippen LogP contribution is -2.41. The lowest BCUT2D eigenvalue weighted by Gasteiger charge is -2.32. The van der Waals surface area contributed by atoms with E-state index in [0.717, 1.165) is 23.9 Å². The van der Waals surface area contributed by atoms with Gasteiger partial charge in [0.05, 0.1) is 5.92 Å². The van der Waals surface area contributed by atoms with E-state index < -0.39 is 0 Å². The van der Waals surface area contributed by atoms with E-state index in [0.29, 0.717) is 18.2 Å². The van der Waals surface area contributed by atoms with Crippen molar-refractivity contribution in [3.05, 3.63) is 40.9 Å². The first kappa shape index (κ1) is 16.3. The van der Waals surface area contributed by atoms with E-state index in [1.54, 1.807) is 18.5 Å². The maximum absolute atomic E-state index is 12.5. The van der Waals surface area contributed by atoms with Crippen molar-refractivity contribution >= 4 is 33.5 Å². The van der Waals surface area contributed by atoms with E-state index in [4.69, 9.17) is 0 Å². The van der Waals surface area contributed by atoms with Crippen molar-refractivity contribution in [2.45, 2.75) is 12.8 Å². The minimum Gasteiger partial charge on any atom is -0.353 e. The Labute approximate surface area is 147 Å². The SMILES string of the molecule is N#Cc1nccnc1N1CCCC(C(=O)Nc2ccc(Br)cn2)C1. The van der Waals surface area contributed by atoms with Crippen molar-refractivity contribution < 1.29 is 4.79 Å². The lowest BCUT2D eigenvalue weighted by molar-refractivity contribution is -0.120. The average molecular weight is 387 g/mol. The number of hydrogen-bond donors (Lipinski definition) is 1. The predicted molar refractivity (Wildman–Crippen MR) is 92.3 cm³/mol. The summed E-state index contributed by atoms with van der Waals surface area (Å²) < 4.78 is 0.857. The molecule has 8 heteroatoms. The van der Waals surface area contributed by atoms with Crippen LogP contribution in [0.5, 0.6) is 0 Å². The van der Waals surface area contributed by atoms with Crippen LogP contribution in [-0.4, -0.2) is 33.9 Å². The van der Waals surface area contributed by atoms with Gasteiger partial charge in [-0.05, 0) is 40.9 Å². The monoisotopic (exact) mass is 386 g/mol. The highest BCUT2D eigenvalue weighted by molar-refractivity contribution is 9.10. The van der Waals surface area contributed by atoms with Crippen molar-refractivity contribution in [1.29, 1.82) is 5.26 Å². The third-order valence-corrected chi connectivity index (χ3v) is 4.32. The number of carbonyl (C=O) groups excluding carboxylic acids is 1. The van der Waals surface area contributed by atoms with E-state index in [1.165, 1.54) is 6.20 Å². The van der Waals surface area contributed by atoms with Gasteiger partial charge in [-0.3, -0.25) is 4.79 Å². The molecule has 0 aliphatic carbocycles. The summed E-state index contributed by atoms with van der Waals surface area (Å²) in [4.78, 5) is 26.9. The van der Waals surface area contributed by atoms with E-state index in [-0.39, 0.29) is 17.5 Å². The molecule has 1 N–H and O–H groups in total. The number of nitrogens with one attached hydrogen (secondary N) is 1. The van der Waals surface area contributed by atoms with Crippen molar-refractivity contribution in [2.24, 2.45) is 5.92 Å². The molecule has 0 saturated carbocycles. The number of hydrogen-bond acceptors (Lipinski definition) is 6. The molecule has 1 fully saturated rings. The number of piperidine rings is 1. The topological polar surface area (TPSA) is 94.8 Å². The fourth-order valence-corrected chi connectivity index (χ4v) is 2.94. The first-order chi connectivity index (χ1) is 11.7. The summed E-state index contributed by atoms with van der Waals surface area (Å²) in [5.74, 6) is 0.812. The second-order valence-electron chi connectivity index (χ2n) is 5.48. The predicted octanol–water partition coefficient (Wildman–Crippen LogP) is 2.36. The second kappa shape index (κ2) is 7.36. The molecule has 2 aromatic rings. The lowest BCUT2D eigenvalue weighted by atomic mass is 9.97. The zero-order valence-electron chi connectivity index (χ0n) is 12.8. The van der Waals surface area contributed by atoms with Gasteiger partial charge in [-0.25, -0.2) is 15.0 Å². The summed E-state index contributed by atoms with van der Waals surface area (Å²) in [6, 6.07) is 5.63. The van der Waals surface area contributed by atoms with Crippen LogP contribution < -0.4 is 10.2 Å². The summed E-state index contributed by atoms with van der Waals surface area (Å²) in [5, 5.41) is 12.0. The van der Waals surface area contributed by atoms with Crippen LogP contribution in [0.2, 0.25) is 0 Å². The molecule has 1 saturated heterocycles. The molecular formula is C16H15BrN6O. The molecule has 1 unspecified atom stereocenters. The molecule has 2 aromatic heterocycles. The maximum Gasteiger partial charge on any atom is 0.230 e. The Morgan fingerprint density at radius 1 is 1.33 bits per heavy atom. The van der Waals surface area contributed by atoms with Gasteiger partial charge in [-0.1, -0.05) is 0 Å². The molecule has 0 aromatic carbocycles. The van der Waals surface area contributed by atoms with Gasteiger partial charge in [0, 0.05) is 36.2 Å². The minimum atomic E-state index is -0.183. The Kier molecular flexibility index (Phi) is 5.01. The number of carbonyl (C=O) groups is 1. The normalized spacial score (nSPS) is 17.2. The Hall–Kier alpha value is -2.53. The molecule has 0 bridgehead atoms. The van der Waals surface area contributed by atoms with E-state index in [2.05, 4.69) is 42.3 Å². The van der Waals surface area contributed by atoms with Crippen LogP contribution >= 0.6 is 15.9 Å². The molecule has 1 aliphatic rings. The fraction of sp³-hybridized carbons (Fsp3) is 0.312. The fourth-order valence-electron chi connectivity index (χ4n) is 2.70. The molecule has 0 radical (unpaired) electrons. The molecule has 1 amide bonds. The number of halogens is 1. The van der Waals surface area contributed by atoms with Crippen LogP contribution in [0.15, 0.2) is 35.2 Å². The zero-order chi connectivity index (χ0) is 16.9. The van der Waals surface area contributed by atoms with Gasteiger partial charge in [0.25, 0.3) is 0 Å². The van der Waals surface area contributed by atoms with Gasteiger partial charge in [0.15, 0.2) is 11.5 Å². The number of amides is 1. The van der Waals surface area contributed by atoms with Crippen LogP contribution in [0.3, 0.4) is 0 Å². The summed E-state index contributed by atoms with van der Waals surface area (Å²) >= 11 is 3.31. The Balaban J connectivity index is 1.70. The van der Waals surface area contributed by atoms with Crippen LogP contribution in [0.4, 0.5) is 11.6 Å². The van der Waals surface area contributed by atoms with Crippen LogP contribution in [-0.2, 0) is 4.79 Å². The first-order valence-electron chi connectivity index (χ1n) is 7.56. The number of nitriles is 1. The van der Waals surface area contributed by atoms with Gasteiger partial charge in [0.2, 0.25) is 5.91 Å². The van der Waals surface area contributed by atoms with Gasteiger partial charge < -0.3 is 10.2 Å². The van der Waals surface area contributed by atoms with Crippen LogP contribution in [0.25, 0.3) is 0 Å². The van der Waals surface area contributed by atoms with Gasteiger partial charge in [-0.15, -0.1) is 0 Å². The zero-order valence-corrected chi connectivity index (χ0v) is 14.4. The second-order valence-corrected chi connectivity index (χ2v) is 6.39. The molecule has 0 spiro atoms. The Bertz CT molecular complexity index is 773. The number of pyridine rings is 1. The van der Waals surface area contributed by atoms with Gasteiger partial charge >= 0.3 is 0 Å². The van der Waals surface area contributed by atoms with Gasteiger partial charge in [0.1, 0.15) is 11.9 Å². The molecular weight excluding hydrogens is 372 g/mol. The average Bonchev–Trinajstić information content (AvgIpc) is 2.63. The smallest absolute Gasteiger partial charge is 0.230 e. The molecule has 7 nitrogen and oxygen atoms in total. The maximum atomic E-state index is 12.5. The summed E-state index contributed by atoms with van der Waals surface area (Å²) in [6.45, 7) is 1.27. The van der Waals surface area contributed by atoms with Crippen molar-refractivity contribution in [1.82, 2.24) is 15.0 Å². The number of rotatable bonds is 3. The van der Waals surface area contributed by atoms with Crippen LogP contribution in [0.1, 0.15) is 18.5 Å². The van der Waals surface area contributed by atoms with E-state index in [1.807, 2.05) is 11.0 Å². The molecule has 1 atom stereocenters. The number of nitrogens with zero attached hydrogens (tertiary/aromatic N) is 5. The molecule has 122 valence electrons. The third-order valence-electron chi connectivity index (χ3n) is 3.86. The van der Waals surface area contributed by atoms with E-state index in [9.17, 15) is 10.1 Å². The molecule has 3 heterocycles. The highest BCUT2D eigenvalue weighted by Crippen LogP contribution is 2.24. The van der Waals surface area contributed by atoms with Crippen molar-refractivity contribution in [2.75, 3.05) is 23.3 Å². The number of anilines is 2. The van der Waals surface area contributed by atoms with E-state index >= 15 is 0 Å². The standard InChI is InChI=1S/C16H15BrN6O/c17-12-3-4-14(21-9-12)22-16(24)11-2-1-7-23(10-11)15-13(8-18)19-5-6-20-15/h3-6,9,11H,1-2,7,10H2,(H,21,22,24). The van der Waals surface area contributed by atoms with Crippen molar-refractivity contribution in [3.8, 4) is 6.07 Å². The van der Waals surface area contributed by atoms with Gasteiger partial charge in [-0.2, -0.15) is 5.26 Å². The summed E-state index contributed by atoms with van der Waals surface area (Å²) in [5.41, 5.74) is 0.285. The summed E-state index contributed by atoms with van der Waals surface area (Å²) in [6.07, 6.45) is 6.34. The molecule has 1 aliphatic heterocycles. The first-order valence-corrected chi connectivity index (χ1v) is 8.35. The Morgan fingerprint density at radius 2 is 2.17 bits per heavy atom. The molecule has 3 rings (SSSR count). The molecule has 24 heavy (non-hydrogen) atoms. The van der Waals surface area contributed by atoms with Crippen molar-refractivity contribution in [3.63, 3.8) is 0 Å². The minimum absolute atomic E-state index is 0.0723. The summed E-state index contributed by atoms with van der Waals surface area (Å²) in [7, 11) is 0. The quantitative estimate of drug-likeness (QED) is 0.869. The van der Waals surface area contributed by atoms with Crippen LogP contribution in [0, 0.1) is 17.2 Å². The number of aromatic nitrogens is 3. The highest BCUT2D eigenvalue weighted by atomic mass is 79.9. The largest absolute Gasteiger partial charge is 0.353 e. The highest BCUT2D eigenvalue weighted by Gasteiger charge is 2.28.